The summed E-state index contributed by atoms with van der Waals surface area (Å²) in [4.78, 5) is 16.5. The van der Waals surface area contributed by atoms with E-state index in [0.717, 1.165) is 12.8 Å². The molecule has 0 N–H and O–H groups in total. The van der Waals surface area contributed by atoms with Crippen LogP contribution in [0.25, 0.3) is 0 Å². The monoisotopic (exact) mass is 324 g/mol. The molecule has 0 atom stereocenters. The first-order valence-electron chi connectivity index (χ1n) is 4.36. The van der Waals surface area contributed by atoms with Crippen molar-refractivity contribution in [2.24, 2.45) is 0 Å². The van der Waals surface area contributed by atoms with Crippen LogP contribution in [0.4, 0.5) is 0 Å². The molecule has 0 aromatic rings. The van der Waals surface area contributed by atoms with Crippen molar-refractivity contribution < 1.29 is 19.8 Å². The second kappa shape index (κ2) is 67.7. The number of unbranched alkanes of at least 4 members (excludes halogenated alkanes) is 2. The molecule has 0 aliphatic rings. The Bertz CT molecular complexity index is 65.8. The molecule has 4 radical (unpaired) electrons. The maximum Gasteiger partial charge on any atom is 2.00 e. The van der Waals surface area contributed by atoms with Crippen LogP contribution >= 0.6 is 0 Å². The molecule has 15 heavy (non-hydrogen) atoms. The van der Waals surface area contributed by atoms with Gasteiger partial charge < -0.3 is 19.8 Å². The number of carbonyl (C=O) groups excluding carboxylic acids is 2. The average Bonchev–Trinajstić information content (AvgIpc) is 2.20. The third-order valence-electron chi connectivity index (χ3n) is 0.707. The normalized spacial score (nSPS) is 5.60. The summed E-state index contributed by atoms with van der Waals surface area (Å²) < 4.78 is 0. The largest absolute Gasteiger partial charge is 2.00 e. The van der Waals surface area contributed by atoms with Crippen LogP contribution in [0, 0.1) is 13.8 Å². The molecule has 0 bridgehead atoms. The van der Waals surface area contributed by atoms with Gasteiger partial charge >= 0.3 is 23.9 Å². The maximum atomic E-state index is 8.25. The molecule has 0 aliphatic heterocycles. The summed E-state index contributed by atoms with van der Waals surface area (Å²) >= 11 is 0. The van der Waals surface area contributed by atoms with E-state index in [-0.39, 0.29) is 23.9 Å². The van der Waals surface area contributed by atoms with Gasteiger partial charge in [0, 0.05) is 12.9 Å². The Morgan fingerprint density at radius 2 is 1.00 bits per heavy atom. The number of carbonyl (C=O) groups is 2. The summed E-state index contributed by atoms with van der Waals surface area (Å²) in [6, 6.07) is 0. The van der Waals surface area contributed by atoms with E-state index in [1.165, 1.54) is 12.8 Å². The minimum absolute atomic E-state index is 0. The van der Waals surface area contributed by atoms with Gasteiger partial charge in [0.05, 0.1) is 0 Å². The van der Waals surface area contributed by atoms with Gasteiger partial charge in [-0.3, -0.25) is 0 Å². The van der Waals surface area contributed by atoms with Gasteiger partial charge in [-0.2, -0.15) is 0 Å². The molecule has 0 saturated carbocycles. The Labute approximate surface area is 110 Å². The molecule has 0 heterocycles. The summed E-state index contributed by atoms with van der Waals surface area (Å²) in [5, 5.41) is 16.5. The Morgan fingerprint density at radius 3 is 1.00 bits per heavy atom. The van der Waals surface area contributed by atoms with Crippen molar-refractivity contribution >= 4 is 36.9 Å². The van der Waals surface area contributed by atoms with Crippen molar-refractivity contribution in [1.82, 2.24) is 0 Å². The summed E-state index contributed by atoms with van der Waals surface area (Å²) in [6.07, 6.45) is 4.56. The van der Waals surface area contributed by atoms with Crippen LogP contribution in [0.1, 0.15) is 39.5 Å². The molecule has 88 valence electrons. The van der Waals surface area contributed by atoms with Crippen LogP contribution in [0.15, 0.2) is 0 Å². The van der Waals surface area contributed by atoms with Gasteiger partial charge in [-0.25, -0.2) is 0 Å². The van der Waals surface area contributed by atoms with Gasteiger partial charge in [0.15, 0.2) is 0 Å². The SMILES string of the molecule is O=C[O-].O=C[O-].[CH2]CCC.[CH2]CCC.[Sn+2]. The Hall–Kier alpha value is -0.261. The zero-order valence-electron chi connectivity index (χ0n) is 9.53. The molecular formula is C10H20O4Sn. The van der Waals surface area contributed by atoms with Crippen molar-refractivity contribution in [3.8, 4) is 0 Å². The summed E-state index contributed by atoms with van der Waals surface area (Å²) in [5.74, 6) is 0. The van der Waals surface area contributed by atoms with Crippen molar-refractivity contribution in [2.75, 3.05) is 0 Å². The van der Waals surface area contributed by atoms with Crippen LogP contribution in [0.2, 0.25) is 0 Å². The quantitative estimate of drug-likeness (QED) is 0.511. The smallest absolute Gasteiger partial charge is 0.554 e. The predicted molar refractivity (Wildman–Crippen MR) is 58.4 cm³/mol. The van der Waals surface area contributed by atoms with Crippen LogP contribution in [-0.4, -0.2) is 36.9 Å². The zero-order chi connectivity index (χ0) is 12.2. The molecule has 0 aromatic heterocycles. The van der Waals surface area contributed by atoms with E-state index in [9.17, 15) is 0 Å². The van der Waals surface area contributed by atoms with Crippen molar-refractivity contribution in [3.05, 3.63) is 13.8 Å². The van der Waals surface area contributed by atoms with Gasteiger partial charge in [-0.15, -0.1) is 0 Å². The summed E-state index contributed by atoms with van der Waals surface area (Å²) in [7, 11) is 0. The van der Waals surface area contributed by atoms with Gasteiger partial charge in [0.25, 0.3) is 0 Å². The second-order valence-electron chi connectivity index (χ2n) is 1.90. The van der Waals surface area contributed by atoms with E-state index in [2.05, 4.69) is 27.7 Å². The second-order valence-corrected chi connectivity index (χ2v) is 1.90. The van der Waals surface area contributed by atoms with Crippen LogP contribution in [0.5, 0.6) is 0 Å². The van der Waals surface area contributed by atoms with Crippen LogP contribution in [0.3, 0.4) is 0 Å². The summed E-state index contributed by atoms with van der Waals surface area (Å²) in [6.45, 7) is 10.4. The van der Waals surface area contributed by atoms with E-state index >= 15 is 0 Å². The Balaban J connectivity index is -0.0000000293. The van der Waals surface area contributed by atoms with Crippen LogP contribution in [-0.2, 0) is 9.59 Å². The van der Waals surface area contributed by atoms with E-state index in [0.29, 0.717) is 0 Å². The topological polar surface area (TPSA) is 80.3 Å². The third kappa shape index (κ3) is 626. The number of rotatable bonds is 2. The van der Waals surface area contributed by atoms with E-state index < -0.39 is 12.9 Å². The predicted octanol–water partition coefficient (Wildman–Crippen LogP) is -0.407. The third-order valence-corrected chi connectivity index (χ3v) is 0.707. The first-order chi connectivity index (χ1) is 6.66. The molecule has 4 nitrogen and oxygen atoms in total. The van der Waals surface area contributed by atoms with Crippen molar-refractivity contribution in [2.45, 2.75) is 39.5 Å². The standard InChI is InChI=1S/2C4H9.2CH2O2.Sn/c2*1-3-4-2;2*2-1-3;/h2*1,3-4H2,2H3;2*1H,(H,2,3);/q;;;;+2/p-2. The minimum Gasteiger partial charge on any atom is -0.554 e. The van der Waals surface area contributed by atoms with E-state index in [1.807, 2.05) is 0 Å². The van der Waals surface area contributed by atoms with Crippen molar-refractivity contribution in [3.63, 3.8) is 0 Å². The first kappa shape index (κ1) is 29.3. The van der Waals surface area contributed by atoms with Gasteiger partial charge in [0.1, 0.15) is 0 Å². The van der Waals surface area contributed by atoms with Crippen LogP contribution < -0.4 is 10.2 Å². The molecular weight excluding hydrogens is 303 g/mol. The fraction of sp³-hybridized carbons (Fsp3) is 0.600. The molecule has 0 saturated heterocycles. The molecule has 0 amide bonds. The van der Waals surface area contributed by atoms with E-state index in [1.54, 1.807) is 0 Å². The molecule has 0 aliphatic carbocycles. The maximum absolute atomic E-state index is 8.25. The average molecular weight is 323 g/mol. The molecule has 0 fully saturated rings. The summed E-state index contributed by atoms with van der Waals surface area (Å²) in [5.41, 5.74) is 0. The molecule has 0 rings (SSSR count). The van der Waals surface area contributed by atoms with Gasteiger partial charge in [0.2, 0.25) is 0 Å². The number of hydrogen-bond acceptors (Lipinski definition) is 4. The Morgan fingerprint density at radius 1 is 0.933 bits per heavy atom. The van der Waals surface area contributed by atoms with Crippen molar-refractivity contribution in [1.29, 1.82) is 0 Å². The number of carboxylic acid groups (broad SMARTS) is 2. The molecule has 0 unspecified atom stereocenters. The van der Waals surface area contributed by atoms with E-state index in [4.69, 9.17) is 19.8 Å². The minimum atomic E-state index is -0.500. The Kier molecular flexibility index (Phi) is 132. The molecule has 0 spiro atoms. The fourth-order valence-corrected chi connectivity index (χ4v) is 0. The van der Waals surface area contributed by atoms with Gasteiger partial charge in [-0.05, 0) is 0 Å². The fourth-order valence-electron chi connectivity index (χ4n) is 0. The molecule has 0 aromatic carbocycles. The first-order valence-corrected chi connectivity index (χ1v) is 4.36. The van der Waals surface area contributed by atoms with Gasteiger partial charge in [-0.1, -0.05) is 53.4 Å². The zero-order valence-corrected chi connectivity index (χ0v) is 12.4. The molecule has 5 heteroatoms. The number of hydrogen-bond donors (Lipinski definition) is 0.